The summed E-state index contributed by atoms with van der Waals surface area (Å²) in [5.41, 5.74) is 9.55. The lowest BCUT2D eigenvalue weighted by atomic mass is 9.95. The number of para-hydroxylation sites is 1. The molecule has 0 saturated carbocycles. The van der Waals surface area contributed by atoms with Gasteiger partial charge in [-0.05, 0) is 36.8 Å². The van der Waals surface area contributed by atoms with Crippen LogP contribution in [0.25, 0.3) is 0 Å². The maximum Gasteiger partial charge on any atom is 0.0629 e. The molecule has 102 valence electrons. The Kier molecular flexibility index (Phi) is 5.52. The Balaban J connectivity index is 0.000000771. The molecule has 1 saturated heterocycles. The normalized spacial score (nSPS) is 18.8. The van der Waals surface area contributed by atoms with Crippen molar-refractivity contribution in [1.29, 1.82) is 0 Å². The summed E-state index contributed by atoms with van der Waals surface area (Å²) >= 11 is 0. The summed E-state index contributed by atoms with van der Waals surface area (Å²) < 4.78 is 0. The molecule has 0 aromatic heterocycles. The Morgan fingerprint density at radius 2 is 1.94 bits per heavy atom. The number of hydrogen-bond acceptors (Lipinski definition) is 2. The fourth-order valence-electron chi connectivity index (χ4n) is 2.65. The molecule has 1 aliphatic rings. The highest BCUT2D eigenvalue weighted by atomic mass is 15.2. The van der Waals surface area contributed by atoms with Crippen molar-refractivity contribution in [1.82, 2.24) is 0 Å². The average Bonchev–Trinajstić information content (AvgIpc) is 2.81. The second-order valence-electron chi connectivity index (χ2n) is 5.25. The van der Waals surface area contributed by atoms with E-state index in [9.17, 15) is 0 Å². The number of nitrogen functional groups attached to an aromatic ring is 1. The molecule has 2 rings (SSSR count). The number of nitrogens with two attached hydrogens (primary N) is 1. The van der Waals surface area contributed by atoms with Crippen LogP contribution in [0, 0.1) is 18.8 Å². The molecule has 1 aliphatic heterocycles. The van der Waals surface area contributed by atoms with Crippen molar-refractivity contribution < 1.29 is 0 Å². The molecule has 18 heavy (non-hydrogen) atoms. The quantitative estimate of drug-likeness (QED) is 0.799. The molecule has 2 nitrogen and oxygen atoms in total. The molecule has 1 unspecified atom stereocenters. The highest BCUT2D eigenvalue weighted by Gasteiger charge is 2.26. The molecule has 1 atom stereocenters. The van der Waals surface area contributed by atoms with E-state index >= 15 is 0 Å². The van der Waals surface area contributed by atoms with Gasteiger partial charge in [-0.3, -0.25) is 0 Å². The van der Waals surface area contributed by atoms with Crippen LogP contribution in [0.3, 0.4) is 0 Å². The second-order valence-corrected chi connectivity index (χ2v) is 5.25. The van der Waals surface area contributed by atoms with Gasteiger partial charge >= 0.3 is 0 Å². The molecule has 1 aromatic rings. The van der Waals surface area contributed by atoms with Crippen molar-refractivity contribution >= 4 is 11.4 Å². The lowest BCUT2D eigenvalue weighted by Gasteiger charge is -2.23. The van der Waals surface area contributed by atoms with Crippen LogP contribution in [0.2, 0.25) is 0 Å². The molecule has 2 heteroatoms. The lowest BCUT2D eigenvalue weighted by Crippen LogP contribution is -2.23. The van der Waals surface area contributed by atoms with Crippen LogP contribution in [-0.4, -0.2) is 13.1 Å². The van der Waals surface area contributed by atoms with Crippen molar-refractivity contribution in [2.45, 2.75) is 41.0 Å². The standard InChI is InChI=1S/C14H22N2.C2H6/c1-10(2)12-7-8-16(9-12)14-11(3)5-4-6-13(14)15;1-2/h4-6,10,12H,7-9,15H2,1-3H3;1-2H3. The molecule has 0 radical (unpaired) electrons. The third-order valence-electron chi connectivity index (χ3n) is 3.75. The second kappa shape index (κ2) is 6.67. The van der Waals surface area contributed by atoms with Gasteiger partial charge in [0.2, 0.25) is 0 Å². The zero-order valence-electron chi connectivity index (χ0n) is 12.5. The molecule has 1 fully saturated rings. The minimum absolute atomic E-state index is 0.773. The molecule has 0 aliphatic carbocycles. The SMILES string of the molecule is CC.Cc1cccc(N)c1N1CCC(C(C)C)C1. The van der Waals surface area contributed by atoms with Crippen molar-refractivity contribution in [2.75, 3.05) is 23.7 Å². The minimum Gasteiger partial charge on any atom is -0.397 e. The predicted octanol–water partition coefficient (Wildman–Crippen LogP) is 4.09. The molecule has 0 bridgehead atoms. The van der Waals surface area contributed by atoms with E-state index < -0.39 is 0 Å². The summed E-state index contributed by atoms with van der Waals surface area (Å²) in [6.07, 6.45) is 1.30. The van der Waals surface area contributed by atoms with Crippen LogP contribution < -0.4 is 10.6 Å². The Bertz CT molecular complexity index is 351. The van der Waals surface area contributed by atoms with Gasteiger partial charge in [0.05, 0.1) is 11.4 Å². The molecule has 0 spiro atoms. The summed E-state index contributed by atoms with van der Waals surface area (Å²) in [4.78, 5) is 2.45. The van der Waals surface area contributed by atoms with Crippen molar-refractivity contribution in [3.63, 3.8) is 0 Å². The van der Waals surface area contributed by atoms with E-state index in [1.165, 1.54) is 17.7 Å². The number of benzene rings is 1. The van der Waals surface area contributed by atoms with Crippen LogP contribution in [-0.2, 0) is 0 Å². The Morgan fingerprint density at radius 1 is 1.28 bits per heavy atom. The Labute approximate surface area is 112 Å². The van der Waals surface area contributed by atoms with Gasteiger partial charge in [-0.15, -0.1) is 0 Å². The van der Waals surface area contributed by atoms with E-state index in [1.54, 1.807) is 0 Å². The fourth-order valence-corrected chi connectivity index (χ4v) is 2.65. The monoisotopic (exact) mass is 248 g/mol. The minimum atomic E-state index is 0.773. The molecule has 1 aromatic carbocycles. The van der Waals surface area contributed by atoms with Crippen LogP contribution in [0.4, 0.5) is 11.4 Å². The van der Waals surface area contributed by atoms with Crippen molar-refractivity contribution in [3.05, 3.63) is 23.8 Å². The molecular weight excluding hydrogens is 220 g/mol. The number of hydrogen-bond donors (Lipinski definition) is 1. The van der Waals surface area contributed by atoms with Crippen LogP contribution >= 0.6 is 0 Å². The van der Waals surface area contributed by atoms with Crippen LogP contribution in [0.1, 0.15) is 39.7 Å². The highest BCUT2D eigenvalue weighted by Crippen LogP contribution is 2.33. The van der Waals surface area contributed by atoms with Gasteiger partial charge in [-0.2, -0.15) is 0 Å². The van der Waals surface area contributed by atoms with Gasteiger partial charge < -0.3 is 10.6 Å². The van der Waals surface area contributed by atoms with Crippen LogP contribution in [0.5, 0.6) is 0 Å². The summed E-state index contributed by atoms with van der Waals surface area (Å²) in [7, 11) is 0. The maximum absolute atomic E-state index is 6.08. The van der Waals surface area contributed by atoms with Gasteiger partial charge in [-0.1, -0.05) is 39.8 Å². The summed E-state index contributed by atoms with van der Waals surface area (Å²) in [6, 6.07) is 6.18. The zero-order chi connectivity index (χ0) is 13.7. The number of rotatable bonds is 2. The van der Waals surface area contributed by atoms with Crippen molar-refractivity contribution in [3.8, 4) is 0 Å². The van der Waals surface area contributed by atoms with E-state index in [0.29, 0.717) is 0 Å². The average molecular weight is 248 g/mol. The van der Waals surface area contributed by atoms with E-state index in [0.717, 1.165) is 30.6 Å². The van der Waals surface area contributed by atoms with Gasteiger partial charge in [0.15, 0.2) is 0 Å². The predicted molar refractivity (Wildman–Crippen MR) is 82.1 cm³/mol. The summed E-state index contributed by atoms with van der Waals surface area (Å²) in [6.45, 7) is 13.1. The van der Waals surface area contributed by atoms with Gasteiger partial charge in [-0.25, -0.2) is 0 Å². The van der Waals surface area contributed by atoms with E-state index in [1.807, 2.05) is 26.0 Å². The van der Waals surface area contributed by atoms with Crippen molar-refractivity contribution in [2.24, 2.45) is 11.8 Å². The zero-order valence-corrected chi connectivity index (χ0v) is 12.5. The molecule has 2 N–H and O–H groups in total. The first kappa shape index (κ1) is 14.9. The van der Waals surface area contributed by atoms with E-state index in [4.69, 9.17) is 5.73 Å². The topological polar surface area (TPSA) is 29.3 Å². The van der Waals surface area contributed by atoms with Gasteiger partial charge in [0.1, 0.15) is 0 Å². The summed E-state index contributed by atoms with van der Waals surface area (Å²) in [5, 5.41) is 0. The first-order valence-electron chi connectivity index (χ1n) is 7.19. The van der Waals surface area contributed by atoms with E-state index in [-0.39, 0.29) is 0 Å². The van der Waals surface area contributed by atoms with Gasteiger partial charge in [0.25, 0.3) is 0 Å². The maximum atomic E-state index is 6.08. The third-order valence-corrected chi connectivity index (χ3v) is 3.75. The smallest absolute Gasteiger partial charge is 0.0629 e. The number of aryl methyl sites for hydroxylation is 1. The third kappa shape index (κ3) is 3.18. The fraction of sp³-hybridized carbons (Fsp3) is 0.625. The molecule has 1 heterocycles. The van der Waals surface area contributed by atoms with Gasteiger partial charge in [0, 0.05) is 13.1 Å². The highest BCUT2D eigenvalue weighted by molar-refractivity contribution is 5.71. The molecular formula is C16H28N2. The lowest BCUT2D eigenvalue weighted by molar-refractivity contribution is 0.423. The summed E-state index contributed by atoms with van der Waals surface area (Å²) in [5.74, 6) is 1.59. The largest absolute Gasteiger partial charge is 0.397 e. The Hall–Kier alpha value is -1.18. The van der Waals surface area contributed by atoms with E-state index in [2.05, 4.69) is 31.7 Å². The molecule has 0 amide bonds. The Morgan fingerprint density at radius 3 is 2.44 bits per heavy atom. The van der Waals surface area contributed by atoms with Crippen LogP contribution in [0.15, 0.2) is 18.2 Å². The number of nitrogens with zero attached hydrogens (tertiary/aromatic N) is 1. The first-order valence-corrected chi connectivity index (χ1v) is 7.19. The number of anilines is 2. The first-order chi connectivity index (χ1) is 8.59.